The molecule has 0 aliphatic rings. The SMILES string of the molecule is N=C(c1ccnc2nc(CNCc3ccccn3)[nH]c12)N(O)c1ccc(F)c(Cl)c1. The van der Waals surface area contributed by atoms with Crippen LogP contribution in [0.4, 0.5) is 10.1 Å². The molecule has 4 aromatic rings. The summed E-state index contributed by atoms with van der Waals surface area (Å²) < 4.78 is 13.4. The van der Waals surface area contributed by atoms with Gasteiger partial charge in [0, 0.05) is 24.5 Å². The number of fused-ring (bicyclic) bond motifs is 1. The lowest BCUT2D eigenvalue weighted by atomic mass is 10.2. The molecule has 0 aliphatic carbocycles. The number of aromatic nitrogens is 4. The van der Waals surface area contributed by atoms with Gasteiger partial charge in [0.15, 0.2) is 11.5 Å². The lowest BCUT2D eigenvalue weighted by molar-refractivity contribution is 0.312. The second-order valence-corrected chi connectivity index (χ2v) is 6.83. The third-order valence-corrected chi connectivity index (χ3v) is 4.67. The van der Waals surface area contributed by atoms with E-state index in [1.807, 2.05) is 18.2 Å². The van der Waals surface area contributed by atoms with Gasteiger partial charge >= 0.3 is 0 Å². The van der Waals surface area contributed by atoms with Crippen molar-refractivity contribution in [3.63, 3.8) is 0 Å². The van der Waals surface area contributed by atoms with E-state index in [2.05, 4.69) is 25.3 Å². The summed E-state index contributed by atoms with van der Waals surface area (Å²) >= 11 is 5.78. The van der Waals surface area contributed by atoms with E-state index in [9.17, 15) is 9.60 Å². The van der Waals surface area contributed by atoms with Crippen LogP contribution in [0.25, 0.3) is 11.2 Å². The van der Waals surface area contributed by atoms with Crippen molar-refractivity contribution >= 4 is 34.3 Å². The first-order valence-corrected chi connectivity index (χ1v) is 9.38. The highest BCUT2D eigenvalue weighted by Crippen LogP contribution is 2.24. The summed E-state index contributed by atoms with van der Waals surface area (Å²) in [6, 6.07) is 11.0. The Morgan fingerprint density at radius 2 is 2.03 bits per heavy atom. The number of nitrogens with one attached hydrogen (secondary N) is 3. The topological polar surface area (TPSA) is 114 Å². The highest BCUT2D eigenvalue weighted by molar-refractivity contribution is 6.31. The molecule has 8 nitrogen and oxygen atoms in total. The number of rotatable bonds is 6. The molecule has 0 saturated carbocycles. The van der Waals surface area contributed by atoms with Gasteiger partial charge in [-0.3, -0.25) is 15.6 Å². The van der Waals surface area contributed by atoms with Gasteiger partial charge in [0.1, 0.15) is 11.6 Å². The van der Waals surface area contributed by atoms with Crippen molar-refractivity contribution < 1.29 is 9.60 Å². The Balaban J connectivity index is 1.54. The third kappa shape index (κ3) is 4.13. The quantitative estimate of drug-likeness (QED) is 0.213. The average molecular weight is 426 g/mol. The molecule has 0 amide bonds. The molecule has 3 aromatic heterocycles. The average Bonchev–Trinajstić information content (AvgIpc) is 3.18. The monoisotopic (exact) mass is 425 g/mol. The fourth-order valence-corrected chi connectivity index (χ4v) is 3.09. The maximum atomic E-state index is 13.4. The van der Waals surface area contributed by atoms with Crippen LogP contribution in [0, 0.1) is 11.2 Å². The van der Waals surface area contributed by atoms with Crippen molar-refractivity contribution in [3.05, 3.63) is 82.8 Å². The second kappa shape index (κ2) is 8.54. The number of hydrogen-bond acceptors (Lipinski definition) is 6. The van der Waals surface area contributed by atoms with E-state index in [-0.39, 0.29) is 16.5 Å². The van der Waals surface area contributed by atoms with Crippen LogP contribution in [0.5, 0.6) is 0 Å². The Morgan fingerprint density at radius 3 is 2.80 bits per heavy atom. The summed E-state index contributed by atoms with van der Waals surface area (Å²) in [5, 5.41) is 22.5. The fraction of sp³-hybridized carbons (Fsp3) is 0.100. The summed E-state index contributed by atoms with van der Waals surface area (Å²) in [6.45, 7) is 1.01. The van der Waals surface area contributed by atoms with Crippen LogP contribution in [-0.2, 0) is 13.1 Å². The van der Waals surface area contributed by atoms with Gasteiger partial charge in [0.2, 0.25) is 0 Å². The summed E-state index contributed by atoms with van der Waals surface area (Å²) in [4.78, 5) is 16.0. The summed E-state index contributed by atoms with van der Waals surface area (Å²) in [5.41, 5.74) is 2.37. The zero-order valence-corrected chi connectivity index (χ0v) is 16.4. The Kier molecular flexibility index (Phi) is 5.66. The molecule has 0 radical (unpaired) electrons. The van der Waals surface area contributed by atoms with Crippen LogP contribution in [0.2, 0.25) is 5.02 Å². The zero-order valence-electron chi connectivity index (χ0n) is 15.6. The van der Waals surface area contributed by atoms with Gasteiger partial charge < -0.3 is 10.3 Å². The maximum Gasteiger partial charge on any atom is 0.178 e. The molecular weight excluding hydrogens is 409 g/mol. The number of aromatic amines is 1. The molecule has 1 aromatic carbocycles. The Bertz CT molecular complexity index is 1200. The Labute approximate surface area is 175 Å². The summed E-state index contributed by atoms with van der Waals surface area (Å²) in [5.74, 6) is -0.215. The molecule has 0 unspecified atom stereocenters. The van der Waals surface area contributed by atoms with Crippen LogP contribution in [0.1, 0.15) is 17.1 Å². The fourth-order valence-electron chi connectivity index (χ4n) is 2.91. The molecule has 10 heteroatoms. The first-order valence-electron chi connectivity index (χ1n) is 9.00. The van der Waals surface area contributed by atoms with E-state index in [0.29, 0.717) is 40.7 Å². The molecule has 0 atom stereocenters. The van der Waals surface area contributed by atoms with Crippen molar-refractivity contribution in [3.8, 4) is 0 Å². The second-order valence-electron chi connectivity index (χ2n) is 6.42. The van der Waals surface area contributed by atoms with Gasteiger partial charge in [-0.25, -0.2) is 19.4 Å². The predicted octanol–water partition coefficient (Wildman–Crippen LogP) is 3.66. The molecule has 4 N–H and O–H groups in total. The highest BCUT2D eigenvalue weighted by Gasteiger charge is 2.18. The number of nitrogens with zero attached hydrogens (tertiary/aromatic N) is 4. The first kappa shape index (κ1) is 19.9. The number of halogens is 2. The van der Waals surface area contributed by atoms with Crippen LogP contribution in [-0.4, -0.2) is 31.0 Å². The molecule has 4 rings (SSSR count). The first-order chi connectivity index (χ1) is 14.5. The number of imidazole rings is 1. The molecule has 30 heavy (non-hydrogen) atoms. The number of H-pyrrole nitrogens is 1. The molecule has 0 saturated heterocycles. The number of amidine groups is 1. The minimum Gasteiger partial charge on any atom is -0.339 e. The van der Waals surface area contributed by atoms with Gasteiger partial charge in [0.05, 0.1) is 28.5 Å². The number of hydroxylamine groups is 1. The number of hydrogen-bond donors (Lipinski definition) is 4. The van der Waals surface area contributed by atoms with E-state index in [1.54, 1.807) is 12.3 Å². The Morgan fingerprint density at radius 1 is 1.17 bits per heavy atom. The Hall–Kier alpha value is -3.40. The van der Waals surface area contributed by atoms with E-state index >= 15 is 0 Å². The van der Waals surface area contributed by atoms with Crippen molar-refractivity contribution in [2.75, 3.05) is 5.06 Å². The lowest BCUT2D eigenvalue weighted by Gasteiger charge is -2.18. The van der Waals surface area contributed by atoms with Crippen molar-refractivity contribution in [1.29, 1.82) is 5.41 Å². The van der Waals surface area contributed by atoms with E-state index in [0.717, 1.165) is 11.8 Å². The summed E-state index contributed by atoms with van der Waals surface area (Å²) in [6.07, 6.45) is 3.23. The minimum absolute atomic E-state index is 0.151. The van der Waals surface area contributed by atoms with Gasteiger partial charge in [-0.05, 0) is 36.4 Å². The lowest BCUT2D eigenvalue weighted by Crippen LogP contribution is -2.27. The third-order valence-electron chi connectivity index (χ3n) is 4.38. The molecule has 0 fully saturated rings. The normalized spacial score (nSPS) is 11.0. The zero-order chi connectivity index (χ0) is 21.1. The molecule has 3 heterocycles. The number of benzene rings is 1. The van der Waals surface area contributed by atoms with Crippen LogP contribution in [0.15, 0.2) is 54.9 Å². The largest absolute Gasteiger partial charge is 0.339 e. The summed E-state index contributed by atoms with van der Waals surface area (Å²) in [7, 11) is 0. The smallest absolute Gasteiger partial charge is 0.178 e. The van der Waals surface area contributed by atoms with Crippen molar-refractivity contribution in [2.45, 2.75) is 13.1 Å². The van der Waals surface area contributed by atoms with Crippen molar-refractivity contribution in [2.24, 2.45) is 0 Å². The highest BCUT2D eigenvalue weighted by atomic mass is 35.5. The minimum atomic E-state index is -0.608. The molecular formula is C20H17ClFN7O. The number of anilines is 1. The van der Waals surface area contributed by atoms with E-state index in [4.69, 9.17) is 17.0 Å². The van der Waals surface area contributed by atoms with Gasteiger partial charge in [-0.2, -0.15) is 0 Å². The predicted molar refractivity (Wildman–Crippen MR) is 111 cm³/mol. The number of pyridine rings is 2. The maximum absolute atomic E-state index is 13.4. The standard InChI is InChI=1S/C20H17ClFN7O/c21-15-9-13(4-5-16(15)22)29(30)19(23)14-6-8-26-20-18(14)27-17(28-20)11-24-10-12-3-1-2-7-25-12/h1-9,23-24,30H,10-11H2,(H,26,27,28). The molecule has 152 valence electrons. The molecule has 0 spiro atoms. The van der Waals surface area contributed by atoms with E-state index < -0.39 is 5.82 Å². The molecule has 0 bridgehead atoms. The van der Waals surface area contributed by atoms with Crippen LogP contribution >= 0.6 is 11.6 Å². The van der Waals surface area contributed by atoms with Crippen LogP contribution < -0.4 is 10.4 Å². The van der Waals surface area contributed by atoms with Crippen LogP contribution in [0.3, 0.4) is 0 Å². The van der Waals surface area contributed by atoms with Gasteiger partial charge in [-0.1, -0.05) is 17.7 Å². The van der Waals surface area contributed by atoms with Crippen molar-refractivity contribution in [1.82, 2.24) is 25.3 Å². The van der Waals surface area contributed by atoms with Gasteiger partial charge in [0.25, 0.3) is 0 Å². The van der Waals surface area contributed by atoms with Gasteiger partial charge in [-0.15, -0.1) is 0 Å². The molecule has 0 aliphatic heterocycles. The van der Waals surface area contributed by atoms with E-state index in [1.165, 1.54) is 18.3 Å².